The fourth-order valence-corrected chi connectivity index (χ4v) is 5.58. The van der Waals surface area contributed by atoms with Gasteiger partial charge in [0.2, 0.25) is 10.0 Å². The Morgan fingerprint density at radius 3 is 2.36 bits per heavy atom. The van der Waals surface area contributed by atoms with Crippen LogP contribution in [0.25, 0.3) is 16.9 Å². The molecule has 1 aliphatic rings. The molecule has 10 heteroatoms. The van der Waals surface area contributed by atoms with E-state index in [4.69, 9.17) is 0 Å². The lowest BCUT2D eigenvalue weighted by molar-refractivity contribution is 0.0631. The minimum absolute atomic E-state index is 0.104. The van der Waals surface area contributed by atoms with Crippen LogP contribution in [-0.4, -0.2) is 60.2 Å². The molecule has 0 spiro atoms. The smallest absolute Gasteiger partial charge is 0.331 e. The zero-order valence-electron chi connectivity index (χ0n) is 21.6. The van der Waals surface area contributed by atoms with Gasteiger partial charge >= 0.3 is 5.69 Å². The highest BCUT2D eigenvalue weighted by Gasteiger charge is 2.32. The van der Waals surface area contributed by atoms with Gasteiger partial charge in [-0.2, -0.15) is 0 Å². The fraction of sp³-hybridized carbons (Fsp3) is 0.241. The van der Waals surface area contributed by atoms with Gasteiger partial charge in [-0.3, -0.25) is 14.1 Å². The summed E-state index contributed by atoms with van der Waals surface area (Å²) < 4.78 is 28.8. The van der Waals surface area contributed by atoms with Crippen molar-refractivity contribution in [3.8, 4) is 16.9 Å². The summed E-state index contributed by atoms with van der Waals surface area (Å²) in [6, 6.07) is 25.8. The SMILES string of the molecule is CCS(=O)(=O)Nc1ccccc1-n1c(-c2ccccc2)c(C(=O)N2CCNC[C@H]2Cc2ccccc2)[nH]c1=O. The maximum absolute atomic E-state index is 14.2. The van der Waals surface area contributed by atoms with Gasteiger partial charge in [0.25, 0.3) is 5.91 Å². The second kappa shape index (κ2) is 11.3. The summed E-state index contributed by atoms with van der Waals surface area (Å²) in [4.78, 5) is 32.3. The quantitative estimate of drug-likeness (QED) is 0.314. The van der Waals surface area contributed by atoms with Gasteiger partial charge in [-0.25, -0.2) is 13.2 Å². The van der Waals surface area contributed by atoms with Crippen LogP contribution in [0.2, 0.25) is 0 Å². The minimum Gasteiger partial charge on any atom is -0.331 e. The first-order valence-electron chi connectivity index (χ1n) is 12.9. The van der Waals surface area contributed by atoms with Crippen LogP contribution in [0.3, 0.4) is 0 Å². The third-order valence-electron chi connectivity index (χ3n) is 6.87. The molecule has 2 heterocycles. The number of anilines is 1. The summed E-state index contributed by atoms with van der Waals surface area (Å²) in [5.41, 5.74) is 2.37. The number of aromatic nitrogens is 2. The van der Waals surface area contributed by atoms with E-state index >= 15 is 0 Å². The highest BCUT2D eigenvalue weighted by molar-refractivity contribution is 7.92. The average molecular weight is 546 g/mol. The van der Waals surface area contributed by atoms with Gasteiger partial charge < -0.3 is 15.2 Å². The van der Waals surface area contributed by atoms with E-state index in [2.05, 4.69) is 15.0 Å². The van der Waals surface area contributed by atoms with Crippen LogP contribution in [0.4, 0.5) is 5.69 Å². The van der Waals surface area contributed by atoms with E-state index in [-0.39, 0.29) is 29.1 Å². The monoisotopic (exact) mass is 545 g/mol. The number of hydrogen-bond donors (Lipinski definition) is 3. The van der Waals surface area contributed by atoms with Gasteiger partial charge in [0.1, 0.15) is 5.69 Å². The molecule has 5 rings (SSSR count). The van der Waals surface area contributed by atoms with Crippen molar-refractivity contribution in [3.63, 3.8) is 0 Å². The van der Waals surface area contributed by atoms with Crippen molar-refractivity contribution in [1.82, 2.24) is 19.8 Å². The summed E-state index contributed by atoms with van der Waals surface area (Å²) in [5.74, 6) is -0.400. The molecule has 3 N–H and O–H groups in total. The number of amides is 1. The summed E-state index contributed by atoms with van der Waals surface area (Å²) in [5, 5.41) is 3.38. The lowest BCUT2D eigenvalue weighted by Gasteiger charge is -2.36. The van der Waals surface area contributed by atoms with E-state index in [1.54, 1.807) is 31.2 Å². The van der Waals surface area contributed by atoms with Gasteiger partial charge in [0.15, 0.2) is 0 Å². The Hall–Kier alpha value is -4.15. The molecule has 3 aromatic carbocycles. The number of rotatable bonds is 8. The molecule has 39 heavy (non-hydrogen) atoms. The Kier molecular flexibility index (Phi) is 7.67. The molecule has 1 aromatic heterocycles. The Morgan fingerprint density at radius 1 is 0.974 bits per heavy atom. The first-order chi connectivity index (χ1) is 18.9. The van der Waals surface area contributed by atoms with E-state index in [0.29, 0.717) is 43.0 Å². The van der Waals surface area contributed by atoms with E-state index in [9.17, 15) is 18.0 Å². The first-order valence-corrected chi connectivity index (χ1v) is 14.6. The van der Waals surface area contributed by atoms with E-state index < -0.39 is 15.7 Å². The molecule has 1 amide bonds. The topological polar surface area (TPSA) is 116 Å². The second-order valence-corrected chi connectivity index (χ2v) is 11.4. The van der Waals surface area contributed by atoms with Crippen molar-refractivity contribution in [2.24, 2.45) is 0 Å². The summed E-state index contributed by atoms with van der Waals surface area (Å²) in [6.07, 6.45) is 0.673. The van der Waals surface area contributed by atoms with Crippen LogP contribution in [0.1, 0.15) is 23.0 Å². The standard InChI is InChI=1S/C29H31N5O4S/c1-2-39(37,38)32-24-15-9-10-16-25(24)34-27(22-13-7-4-8-14-22)26(31-29(34)36)28(35)33-18-17-30-20-23(33)19-21-11-5-3-6-12-21/h3-16,23,30,32H,2,17-20H2,1H3,(H,31,36)/t23-/m1/s1. The van der Waals surface area contributed by atoms with Crippen LogP contribution < -0.4 is 15.7 Å². The van der Waals surface area contributed by atoms with Crippen molar-refractivity contribution >= 4 is 21.6 Å². The molecule has 0 bridgehead atoms. The molecule has 9 nitrogen and oxygen atoms in total. The number of piperazine rings is 1. The van der Waals surface area contributed by atoms with E-state index in [1.807, 2.05) is 65.6 Å². The number of hydrogen-bond acceptors (Lipinski definition) is 5. The third-order valence-corrected chi connectivity index (χ3v) is 8.16. The highest BCUT2D eigenvalue weighted by Crippen LogP contribution is 2.30. The predicted molar refractivity (Wildman–Crippen MR) is 153 cm³/mol. The van der Waals surface area contributed by atoms with Crippen LogP contribution in [-0.2, 0) is 16.4 Å². The molecular formula is C29H31N5O4S. The number of para-hydroxylation sites is 2. The third kappa shape index (κ3) is 5.67. The molecule has 202 valence electrons. The number of nitrogens with one attached hydrogen (secondary N) is 3. The van der Waals surface area contributed by atoms with Gasteiger partial charge in [0.05, 0.1) is 22.8 Å². The molecule has 1 atom stereocenters. The summed E-state index contributed by atoms with van der Waals surface area (Å²) in [6.45, 7) is 3.31. The summed E-state index contributed by atoms with van der Waals surface area (Å²) in [7, 11) is -3.61. The maximum atomic E-state index is 14.2. The minimum atomic E-state index is -3.61. The van der Waals surface area contributed by atoms with Crippen molar-refractivity contribution in [3.05, 3.63) is 107 Å². The normalized spacial score (nSPS) is 15.7. The van der Waals surface area contributed by atoms with Crippen LogP contribution in [0.15, 0.2) is 89.7 Å². The lowest BCUT2D eigenvalue weighted by atomic mass is 10.0. The van der Waals surface area contributed by atoms with Crippen molar-refractivity contribution in [2.45, 2.75) is 19.4 Å². The van der Waals surface area contributed by atoms with E-state index in [0.717, 1.165) is 5.56 Å². The van der Waals surface area contributed by atoms with Crippen LogP contribution in [0.5, 0.6) is 0 Å². The molecule has 1 saturated heterocycles. The zero-order chi connectivity index (χ0) is 27.4. The van der Waals surface area contributed by atoms with E-state index in [1.165, 1.54) is 4.57 Å². The Bertz CT molecular complexity index is 1610. The van der Waals surface area contributed by atoms with Crippen LogP contribution in [0, 0.1) is 0 Å². The molecule has 4 aromatic rings. The van der Waals surface area contributed by atoms with Gasteiger partial charge in [0, 0.05) is 31.2 Å². The fourth-order valence-electron chi connectivity index (χ4n) is 4.92. The molecular weight excluding hydrogens is 514 g/mol. The lowest BCUT2D eigenvalue weighted by Crippen LogP contribution is -2.54. The first kappa shape index (κ1) is 26.5. The average Bonchev–Trinajstić information content (AvgIpc) is 3.31. The summed E-state index contributed by atoms with van der Waals surface area (Å²) >= 11 is 0. The number of H-pyrrole nitrogens is 1. The number of sulfonamides is 1. The number of imidazole rings is 1. The Labute approximate surface area is 227 Å². The second-order valence-electron chi connectivity index (χ2n) is 9.42. The molecule has 1 aliphatic heterocycles. The Morgan fingerprint density at radius 2 is 1.64 bits per heavy atom. The number of benzene rings is 3. The number of carbonyl (C=O) groups excluding carboxylic acids is 1. The van der Waals surface area contributed by atoms with Crippen molar-refractivity contribution in [2.75, 3.05) is 30.1 Å². The number of nitrogens with zero attached hydrogens (tertiary/aromatic N) is 2. The van der Waals surface area contributed by atoms with Crippen molar-refractivity contribution < 1.29 is 13.2 Å². The number of carbonyl (C=O) groups is 1. The highest BCUT2D eigenvalue weighted by atomic mass is 32.2. The molecule has 0 unspecified atom stereocenters. The molecule has 0 radical (unpaired) electrons. The van der Waals surface area contributed by atoms with Crippen molar-refractivity contribution in [1.29, 1.82) is 0 Å². The van der Waals surface area contributed by atoms with Gasteiger partial charge in [-0.15, -0.1) is 0 Å². The van der Waals surface area contributed by atoms with Gasteiger partial charge in [-0.1, -0.05) is 72.8 Å². The Balaban J connectivity index is 1.63. The van der Waals surface area contributed by atoms with Gasteiger partial charge in [-0.05, 0) is 31.0 Å². The predicted octanol–water partition coefficient (Wildman–Crippen LogP) is 3.25. The largest absolute Gasteiger partial charge is 0.331 e. The zero-order valence-corrected chi connectivity index (χ0v) is 22.4. The molecule has 0 aliphatic carbocycles. The molecule has 0 saturated carbocycles. The molecule has 1 fully saturated rings. The van der Waals surface area contributed by atoms with Crippen LogP contribution >= 0.6 is 0 Å². The number of aromatic amines is 1. The maximum Gasteiger partial charge on any atom is 0.331 e.